The maximum Gasteiger partial charge on any atom is 0.251 e. The average Bonchev–Trinajstić information content (AvgIpc) is 2.60. The van der Waals surface area contributed by atoms with Crippen LogP contribution in [0.15, 0.2) is 29.2 Å². The average molecular weight is 353 g/mol. The van der Waals surface area contributed by atoms with E-state index >= 15 is 0 Å². The third-order valence-electron chi connectivity index (χ3n) is 4.44. The van der Waals surface area contributed by atoms with E-state index < -0.39 is 10.0 Å². The number of amides is 1. The minimum atomic E-state index is -3.49. The summed E-state index contributed by atoms with van der Waals surface area (Å²) in [6, 6.07) is 6.41. The monoisotopic (exact) mass is 352 g/mol. The number of benzene rings is 1. The zero-order valence-corrected chi connectivity index (χ0v) is 15.2. The van der Waals surface area contributed by atoms with E-state index in [1.165, 1.54) is 18.6 Å². The van der Waals surface area contributed by atoms with E-state index in [0.717, 1.165) is 44.9 Å². The predicted octanol–water partition coefficient (Wildman–Crippen LogP) is 3.22. The maximum atomic E-state index is 12.2. The summed E-state index contributed by atoms with van der Waals surface area (Å²) in [5.41, 5.74) is 0.505. The second-order valence-corrected chi connectivity index (χ2v) is 8.20. The fraction of sp³-hybridized carbons (Fsp3) is 0.611. The molecule has 1 aliphatic rings. The second kappa shape index (κ2) is 9.18. The van der Waals surface area contributed by atoms with Crippen molar-refractivity contribution in [2.45, 2.75) is 69.2 Å². The summed E-state index contributed by atoms with van der Waals surface area (Å²) in [4.78, 5) is 12.4. The van der Waals surface area contributed by atoms with E-state index in [0.29, 0.717) is 12.1 Å². The first kappa shape index (κ1) is 18.9. The number of carbonyl (C=O) groups is 1. The molecule has 1 saturated carbocycles. The quantitative estimate of drug-likeness (QED) is 0.705. The Kier molecular flexibility index (Phi) is 7.24. The number of nitrogens with one attached hydrogen (secondary N) is 2. The van der Waals surface area contributed by atoms with Crippen molar-refractivity contribution < 1.29 is 13.2 Å². The minimum Gasteiger partial charge on any atom is -0.349 e. The molecule has 1 amide bonds. The molecular weight excluding hydrogens is 324 g/mol. The smallest absolute Gasteiger partial charge is 0.251 e. The molecule has 1 aromatic rings. The fourth-order valence-corrected chi connectivity index (χ4v) is 4.04. The Morgan fingerprint density at radius 2 is 1.75 bits per heavy atom. The molecule has 134 valence electrons. The molecule has 0 aliphatic heterocycles. The van der Waals surface area contributed by atoms with Crippen LogP contribution in [0.4, 0.5) is 0 Å². The van der Waals surface area contributed by atoms with Crippen LogP contribution in [0, 0.1) is 0 Å². The van der Waals surface area contributed by atoms with Crippen LogP contribution in [0.2, 0.25) is 0 Å². The van der Waals surface area contributed by atoms with Crippen LogP contribution in [0.5, 0.6) is 0 Å². The van der Waals surface area contributed by atoms with Gasteiger partial charge in [-0.05, 0) is 43.5 Å². The van der Waals surface area contributed by atoms with Gasteiger partial charge in [-0.15, -0.1) is 0 Å². The Morgan fingerprint density at radius 3 is 2.38 bits per heavy atom. The highest BCUT2D eigenvalue weighted by Gasteiger charge is 2.18. The molecule has 24 heavy (non-hydrogen) atoms. The second-order valence-electron chi connectivity index (χ2n) is 6.44. The van der Waals surface area contributed by atoms with Gasteiger partial charge in [-0.25, -0.2) is 13.1 Å². The zero-order chi connectivity index (χ0) is 17.4. The predicted molar refractivity (Wildman–Crippen MR) is 95.5 cm³/mol. The third kappa shape index (κ3) is 5.60. The summed E-state index contributed by atoms with van der Waals surface area (Å²) in [7, 11) is -3.49. The zero-order valence-electron chi connectivity index (χ0n) is 14.4. The molecule has 0 aromatic heterocycles. The maximum absolute atomic E-state index is 12.2. The molecule has 0 spiro atoms. The van der Waals surface area contributed by atoms with Gasteiger partial charge >= 0.3 is 0 Å². The highest BCUT2D eigenvalue weighted by atomic mass is 32.2. The van der Waals surface area contributed by atoms with Crippen LogP contribution in [0.3, 0.4) is 0 Å². The normalized spacial score (nSPS) is 16.0. The number of unbranched alkanes of at least 4 members (excludes halogenated alkanes) is 2. The first-order valence-electron chi connectivity index (χ1n) is 8.93. The first-order chi connectivity index (χ1) is 11.5. The molecule has 1 fully saturated rings. The number of hydrogen-bond acceptors (Lipinski definition) is 3. The van der Waals surface area contributed by atoms with Gasteiger partial charge in [0.2, 0.25) is 10.0 Å². The van der Waals surface area contributed by atoms with Gasteiger partial charge in [-0.3, -0.25) is 4.79 Å². The van der Waals surface area contributed by atoms with Gasteiger partial charge in [0, 0.05) is 18.2 Å². The first-order valence-corrected chi connectivity index (χ1v) is 10.4. The van der Waals surface area contributed by atoms with E-state index in [4.69, 9.17) is 0 Å². The number of sulfonamides is 1. The Balaban J connectivity index is 1.92. The lowest BCUT2D eigenvalue weighted by Gasteiger charge is -2.22. The van der Waals surface area contributed by atoms with Gasteiger partial charge in [-0.2, -0.15) is 0 Å². The number of rotatable bonds is 8. The van der Waals surface area contributed by atoms with Crippen LogP contribution < -0.4 is 10.0 Å². The molecule has 0 saturated heterocycles. The standard InChI is InChI=1S/C18H28N2O3S/c1-2-3-7-14-19-24(22,23)17-12-10-15(11-13-17)18(21)20-16-8-5-4-6-9-16/h10-13,16,19H,2-9,14H2,1H3,(H,20,21). The van der Waals surface area contributed by atoms with Crippen molar-refractivity contribution in [1.82, 2.24) is 10.0 Å². The fourth-order valence-electron chi connectivity index (χ4n) is 2.97. The molecule has 0 radical (unpaired) electrons. The summed E-state index contributed by atoms with van der Waals surface area (Å²) >= 11 is 0. The van der Waals surface area contributed by atoms with Crippen molar-refractivity contribution in [3.63, 3.8) is 0 Å². The van der Waals surface area contributed by atoms with Crippen molar-refractivity contribution in [3.05, 3.63) is 29.8 Å². The topological polar surface area (TPSA) is 75.3 Å². The SMILES string of the molecule is CCCCCNS(=O)(=O)c1ccc(C(=O)NC2CCCCC2)cc1. The largest absolute Gasteiger partial charge is 0.349 e. The van der Waals surface area contributed by atoms with E-state index in [1.54, 1.807) is 12.1 Å². The molecular formula is C18H28N2O3S. The van der Waals surface area contributed by atoms with Crippen LogP contribution in [-0.2, 0) is 10.0 Å². The molecule has 2 N–H and O–H groups in total. The van der Waals surface area contributed by atoms with Crippen molar-refractivity contribution in [2.75, 3.05) is 6.54 Å². The van der Waals surface area contributed by atoms with E-state index in [9.17, 15) is 13.2 Å². The van der Waals surface area contributed by atoms with Crippen molar-refractivity contribution in [1.29, 1.82) is 0 Å². The van der Waals surface area contributed by atoms with Gasteiger partial charge in [0.15, 0.2) is 0 Å². The van der Waals surface area contributed by atoms with Gasteiger partial charge in [-0.1, -0.05) is 39.0 Å². The summed E-state index contributed by atoms with van der Waals surface area (Å²) in [6.45, 7) is 2.52. The third-order valence-corrected chi connectivity index (χ3v) is 5.92. The molecule has 5 nitrogen and oxygen atoms in total. The Labute approximate surface area is 145 Å². The minimum absolute atomic E-state index is 0.123. The molecule has 0 bridgehead atoms. The number of hydrogen-bond donors (Lipinski definition) is 2. The van der Waals surface area contributed by atoms with Crippen LogP contribution in [0.25, 0.3) is 0 Å². The summed E-state index contributed by atoms with van der Waals surface area (Å²) in [6.07, 6.45) is 8.49. The Morgan fingerprint density at radius 1 is 1.08 bits per heavy atom. The van der Waals surface area contributed by atoms with Crippen LogP contribution in [0.1, 0.15) is 68.6 Å². The van der Waals surface area contributed by atoms with E-state index in [-0.39, 0.29) is 16.8 Å². The lowest BCUT2D eigenvalue weighted by molar-refractivity contribution is 0.0927. The molecule has 0 unspecified atom stereocenters. The highest BCUT2D eigenvalue weighted by Crippen LogP contribution is 2.18. The van der Waals surface area contributed by atoms with Crippen LogP contribution >= 0.6 is 0 Å². The molecule has 1 aromatic carbocycles. The van der Waals surface area contributed by atoms with Crippen molar-refractivity contribution in [3.8, 4) is 0 Å². The van der Waals surface area contributed by atoms with Crippen LogP contribution in [-0.4, -0.2) is 26.9 Å². The summed E-state index contributed by atoms with van der Waals surface area (Å²) < 4.78 is 27.0. The highest BCUT2D eigenvalue weighted by molar-refractivity contribution is 7.89. The van der Waals surface area contributed by atoms with Crippen molar-refractivity contribution >= 4 is 15.9 Å². The lowest BCUT2D eigenvalue weighted by Crippen LogP contribution is -2.36. The molecule has 0 atom stereocenters. The van der Waals surface area contributed by atoms with Gasteiger partial charge in [0.05, 0.1) is 4.90 Å². The summed E-state index contributed by atoms with van der Waals surface area (Å²) in [5.74, 6) is -0.123. The van der Waals surface area contributed by atoms with Gasteiger partial charge in [0.25, 0.3) is 5.91 Å². The van der Waals surface area contributed by atoms with Gasteiger partial charge < -0.3 is 5.32 Å². The van der Waals surface area contributed by atoms with Crippen molar-refractivity contribution in [2.24, 2.45) is 0 Å². The van der Waals surface area contributed by atoms with E-state index in [2.05, 4.69) is 17.0 Å². The lowest BCUT2D eigenvalue weighted by atomic mass is 9.95. The molecule has 1 aliphatic carbocycles. The molecule has 6 heteroatoms. The molecule has 2 rings (SSSR count). The van der Waals surface area contributed by atoms with Gasteiger partial charge in [0.1, 0.15) is 0 Å². The number of carbonyl (C=O) groups excluding carboxylic acids is 1. The Hall–Kier alpha value is -1.40. The Bertz CT molecular complexity index is 620. The summed E-state index contributed by atoms with van der Waals surface area (Å²) in [5, 5.41) is 3.04. The van der Waals surface area contributed by atoms with E-state index in [1.807, 2.05) is 0 Å². The molecule has 0 heterocycles.